The zero-order valence-corrected chi connectivity index (χ0v) is 12.7. The molecule has 1 saturated carbocycles. The molecule has 0 spiro atoms. The van der Waals surface area contributed by atoms with Crippen molar-refractivity contribution in [2.45, 2.75) is 64.4 Å². The minimum atomic E-state index is -0.405. The zero-order chi connectivity index (χ0) is 14.4. The van der Waals surface area contributed by atoms with Crippen LogP contribution in [0.25, 0.3) is 0 Å². The van der Waals surface area contributed by atoms with E-state index in [9.17, 15) is 5.11 Å². The summed E-state index contributed by atoms with van der Waals surface area (Å²) in [7, 11) is 0. The van der Waals surface area contributed by atoms with Crippen molar-refractivity contribution in [3.8, 4) is 0 Å². The molecule has 3 N–H and O–H groups in total. The molecule has 2 aliphatic carbocycles. The van der Waals surface area contributed by atoms with Crippen LogP contribution in [0.1, 0.15) is 58.3 Å². The Bertz CT molecular complexity index is 367. The zero-order valence-electron chi connectivity index (χ0n) is 12.7. The number of ether oxygens (including phenoxy) is 1. The molecule has 0 radical (unpaired) electrons. The highest BCUT2D eigenvalue weighted by Gasteiger charge is 2.28. The van der Waals surface area contributed by atoms with Gasteiger partial charge in [0.15, 0.2) is 0 Å². The topological polar surface area (TPSA) is 55.5 Å². The molecular formula is C17H29NO2. The number of allylic oxidation sites excluding steroid dienone is 2. The molecule has 114 valence electrons. The van der Waals surface area contributed by atoms with Crippen LogP contribution in [-0.2, 0) is 4.74 Å². The Morgan fingerprint density at radius 1 is 1.35 bits per heavy atom. The predicted octanol–water partition coefficient (Wildman–Crippen LogP) is 3.29. The lowest BCUT2D eigenvalue weighted by Gasteiger charge is -2.33. The predicted molar refractivity (Wildman–Crippen MR) is 82.2 cm³/mol. The molecule has 2 aliphatic rings. The normalized spacial score (nSPS) is 23.8. The van der Waals surface area contributed by atoms with Crippen molar-refractivity contribution in [1.29, 1.82) is 0 Å². The lowest BCUT2D eigenvalue weighted by molar-refractivity contribution is 0.0746. The summed E-state index contributed by atoms with van der Waals surface area (Å²) in [5, 5.41) is 10.0. The summed E-state index contributed by atoms with van der Waals surface area (Å²) in [6.45, 7) is 3.66. The van der Waals surface area contributed by atoms with Crippen LogP contribution in [0.5, 0.6) is 0 Å². The number of aliphatic hydroxyl groups excluding tert-OH is 1. The molecule has 0 amide bonds. The van der Waals surface area contributed by atoms with E-state index in [1.54, 1.807) is 0 Å². The number of hydrogen-bond acceptors (Lipinski definition) is 3. The van der Waals surface area contributed by atoms with Gasteiger partial charge < -0.3 is 15.6 Å². The van der Waals surface area contributed by atoms with Gasteiger partial charge in [0.2, 0.25) is 0 Å². The molecule has 0 aromatic carbocycles. The third-order valence-electron chi connectivity index (χ3n) is 4.62. The van der Waals surface area contributed by atoms with Crippen molar-refractivity contribution in [3.05, 3.63) is 23.5 Å². The smallest absolute Gasteiger partial charge is 0.115 e. The fourth-order valence-electron chi connectivity index (χ4n) is 3.21. The first kappa shape index (κ1) is 15.6. The first-order valence-electron chi connectivity index (χ1n) is 8.04. The maximum Gasteiger partial charge on any atom is 0.115 e. The molecule has 0 aromatic rings. The third-order valence-corrected chi connectivity index (χ3v) is 4.62. The number of nitrogens with two attached hydrogens (primary N) is 1. The van der Waals surface area contributed by atoms with Crippen LogP contribution < -0.4 is 5.73 Å². The van der Waals surface area contributed by atoms with Crippen LogP contribution in [0.4, 0.5) is 0 Å². The molecule has 0 heterocycles. The van der Waals surface area contributed by atoms with Gasteiger partial charge in [-0.25, -0.2) is 0 Å². The summed E-state index contributed by atoms with van der Waals surface area (Å²) in [5.74, 6) is 0.939. The highest BCUT2D eigenvalue weighted by atomic mass is 16.5. The van der Waals surface area contributed by atoms with Crippen molar-refractivity contribution in [2.75, 3.05) is 13.2 Å². The Labute approximate surface area is 122 Å². The second kappa shape index (κ2) is 7.28. The first-order valence-corrected chi connectivity index (χ1v) is 8.04. The number of aliphatic hydroxyl groups is 1. The van der Waals surface area contributed by atoms with Gasteiger partial charge in [0.1, 0.15) is 5.76 Å². The Morgan fingerprint density at radius 3 is 2.80 bits per heavy atom. The quantitative estimate of drug-likeness (QED) is 0.784. The van der Waals surface area contributed by atoms with E-state index in [2.05, 4.69) is 13.0 Å². The van der Waals surface area contributed by atoms with Gasteiger partial charge in [0, 0.05) is 5.41 Å². The molecular weight excluding hydrogens is 250 g/mol. The van der Waals surface area contributed by atoms with E-state index in [1.807, 2.05) is 6.08 Å². The van der Waals surface area contributed by atoms with Crippen LogP contribution in [0.2, 0.25) is 0 Å². The lowest BCUT2D eigenvalue weighted by Crippen LogP contribution is -2.26. The maximum absolute atomic E-state index is 10.0. The minimum Gasteiger partial charge on any atom is -0.493 e. The van der Waals surface area contributed by atoms with E-state index in [0.29, 0.717) is 18.4 Å². The molecule has 0 aliphatic heterocycles. The second-order valence-corrected chi connectivity index (χ2v) is 6.62. The van der Waals surface area contributed by atoms with E-state index < -0.39 is 6.10 Å². The molecule has 20 heavy (non-hydrogen) atoms. The van der Waals surface area contributed by atoms with Crippen LogP contribution in [0.15, 0.2) is 23.5 Å². The highest BCUT2D eigenvalue weighted by molar-refractivity contribution is 5.26. The Hall–Kier alpha value is -0.800. The van der Waals surface area contributed by atoms with Crippen molar-refractivity contribution < 1.29 is 9.84 Å². The molecule has 3 nitrogen and oxygen atoms in total. The van der Waals surface area contributed by atoms with Gasteiger partial charge in [-0.05, 0) is 56.4 Å². The molecule has 0 saturated heterocycles. The van der Waals surface area contributed by atoms with E-state index in [0.717, 1.165) is 30.8 Å². The molecule has 0 bridgehead atoms. The van der Waals surface area contributed by atoms with Crippen molar-refractivity contribution in [2.24, 2.45) is 11.1 Å². The monoisotopic (exact) mass is 279 g/mol. The third kappa shape index (κ3) is 4.35. The van der Waals surface area contributed by atoms with Gasteiger partial charge in [-0.2, -0.15) is 0 Å². The average Bonchev–Trinajstić information content (AvgIpc) is 2.47. The van der Waals surface area contributed by atoms with E-state index >= 15 is 0 Å². The van der Waals surface area contributed by atoms with E-state index in [1.165, 1.54) is 32.1 Å². The lowest BCUT2D eigenvalue weighted by atomic mass is 9.76. The SMILES string of the molecule is CC1(COC2=CCCC([C@@H](O)CCN)=C2)CCCCC1. The molecule has 0 aromatic heterocycles. The standard InChI is InChI=1S/C17H29NO2/c1-17(9-3-2-4-10-17)13-20-15-7-5-6-14(12-15)16(19)8-11-18/h7,12,16,19H,2-6,8-11,13,18H2,1H3/t16-/m0/s1. The summed E-state index contributed by atoms with van der Waals surface area (Å²) in [4.78, 5) is 0. The van der Waals surface area contributed by atoms with Gasteiger partial charge in [0.25, 0.3) is 0 Å². The van der Waals surface area contributed by atoms with E-state index in [4.69, 9.17) is 10.5 Å². The van der Waals surface area contributed by atoms with Crippen molar-refractivity contribution >= 4 is 0 Å². The first-order chi connectivity index (χ1) is 9.63. The maximum atomic E-state index is 10.0. The summed E-state index contributed by atoms with van der Waals surface area (Å²) < 4.78 is 6.03. The molecule has 0 unspecified atom stereocenters. The fourth-order valence-corrected chi connectivity index (χ4v) is 3.21. The largest absolute Gasteiger partial charge is 0.493 e. The minimum absolute atomic E-state index is 0.334. The van der Waals surface area contributed by atoms with Crippen LogP contribution in [0.3, 0.4) is 0 Å². The van der Waals surface area contributed by atoms with Gasteiger partial charge >= 0.3 is 0 Å². The molecule has 3 heteroatoms. The van der Waals surface area contributed by atoms with Gasteiger partial charge in [-0.3, -0.25) is 0 Å². The Balaban J connectivity index is 1.87. The van der Waals surface area contributed by atoms with Gasteiger partial charge in [-0.15, -0.1) is 0 Å². The van der Waals surface area contributed by atoms with E-state index in [-0.39, 0.29) is 0 Å². The molecule has 1 atom stereocenters. The summed E-state index contributed by atoms with van der Waals surface area (Å²) in [6, 6.07) is 0. The van der Waals surface area contributed by atoms with Gasteiger partial charge in [0.05, 0.1) is 12.7 Å². The van der Waals surface area contributed by atoms with Crippen molar-refractivity contribution in [1.82, 2.24) is 0 Å². The summed E-state index contributed by atoms with van der Waals surface area (Å²) >= 11 is 0. The number of hydrogen-bond donors (Lipinski definition) is 2. The highest BCUT2D eigenvalue weighted by Crippen LogP contribution is 2.36. The molecule has 2 rings (SSSR count). The number of rotatable bonds is 6. The van der Waals surface area contributed by atoms with Crippen LogP contribution >= 0.6 is 0 Å². The summed E-state index contributed by atoms with van der Waals surface area (Å²) in [5.41, 5.74) is 6.92. The van der Waals surface area contributed by atoms with Crippen LogP contribution in [0, 0.1) is 5.41 Å². The Kier molecular flexibility index (Phi) is 5.67. The second-order valence-electron chi connectivity index (χ2n) is 6.62. The van der Waals surface area contributed by atoms with Gasteiger partial charge in [-0.1, -0.05) is 26.2 Å². The summed E-state index contributed by atoms with van der Waals surface area (Å²) in [6.07, 6.45) is 12.8. The Morgan fingerprint density at radius 2 is 2.10 bits per heavy atom. The van der Waals surface area contributed by atoms with Crippen LogP contribution in [-0.4, -0.2) is 24.4 Å². The van der Waals surface area contributed by atoms with Crippen molar-refractivity contribution in [3.63, 3.8) is 0 Å². The fraction of sp³-hybridized carbons (Fsp3) is 0.765. The molecule has 1 fully saturated rings. The average molecular weight is 279 g/mol.